The Morgan fingerprint density at radius 3 is 2.71 bits per heavy atom. The third-order valence-corrected chi connectivity index (χ3v) is 4.70. The van der Waals surface area contributed by atoms with Crippen molar-refractivity contribution in [3.8, 4) is 0 Å². The molecule has 1 saturated heterocycles. The Balaban J connectivity index is 0.00000208. The van der Waals surface area contributed by atoms with Crippen LogP contribution in [0.3, 0.4) is 0 Å². The van der Waals surface area contributed by atoms with E-state index in [-0.39, 0.29) is 24.0 Å². The van der Waals surface area contributed by atoms with Gasteiger partial charge in [-0.05, 0) is 50.6 Å². The number of likely N-dealkylation sites (tertiary alicyclic amines) is 1. The number of nitrogens with zero attached hydrogens (tertiary/aromatic N) is 2. The molecule has 4 nitrogen and oxygen atoms in total. The normalized spacial score (nSPS) is 21.4. The summed E-state index contributed by atoms with van der Waals surface area (Å²) in [6.45, 7) is 7.60. The second-order valence-electron chi connectivity index (χ2n) is 6.83. The first-order valence-corrected chi connectivity index (χ1v) is 9.14. The first kappa shape index (κ1) is 19.5. The Labute approximate surface area is 163 Å². The molecule has 1 heterocycles. The van der Waals surface area contributed by atoms with Gasteiger partial charge in [0.25, 0.3) is 0 Å². The van der Waals surface area contributed by atoms with E-state index in [1.165, 1.54) is 44.5 Å². The van der Waals surface area contributed by atoms with Crippen molar-refractivity contribution in [2.75, 3.05) is 32.7 Å². The molecule has 1 aliphatic heterocycles. The van der Waals surface area contributed by atoms with Crippen molar-refractivity contribution in [3.63, 3.8) is 0 Å². The molecule has 1 aliphatic carbocycles. The van der Waals surface area contributed by atoms with Crippen LogP contribution in [-0.2, 0) is 6.42 Å². The maximum atomic E-state index is 4.80. The molecule has 0 aromatic heterocycles. The standard InChI is InChI=1S/C19H30N4.HI/c1-2-20-19(22-18-8-9-18)21-14-17-11-13-23(15-17)12-10-16-6-4-3-5-7-16;/h3-7,17-18H,2,8-15H2,1H3,(H2,20,21,22);1H. The predicted molar refractivity (Wildman–Crippen MR) is 112 cm³/mol. The number of aliphatic imine (C=N–C) groups is 1. The maximum absolute atomic E-state index is 4.80. The molecule has 5 heteroatoms. The molecule has 3 rings (SSSR count). The van der Waals surface area contributed by atoms with E-state index in [0.29, 0.717) is 12.0 Å². The van der Waals surface area contributed by atoms with Gasteiger partial charge in [0, 0.05) is 32.2 Å². The fourth-order valence-electron chi connectivity index (χ4n) is 3.16. The summed E-state index contributed by atoms with van der Waals surface area (Å²) in [5, 5.41) is 6.86. The van der Waals surface area contributed by atoms with E-state index < -0.39 is 0 Å². The first-order valence-electron chi connectivity index (χ1n) is 9.14. The zero-order valence-corrected chi connectivity index (χ0v) is 17.0. The number of rotatable bonds is 7. The SMILES string of the molecule is CCNC(=NCC1CCN(CCc2ccccc2)C1)NC1CC1.I. The highest BCUT2D eigenvalue weighted by atomic mass is 127. The molecule has 1 unspecified atom stereocenters. The lowest BCUT2D eigenvalue weighted by Gasteiger charge is -2.16. The first-order chi connectivity index (χ1) is 11.3. The number of guanidine groups is 1. The summed E-state index contributed by atoms with van der Waals surface area (Å²) >= 11 is 0. The molecule has 0 amide bonds. The van der Waals surface area contributed by atoms with E-state index in [4.69, 9.17) is 4.99 Å². The average molecular weight is 442 g/mol. The van der Waals surface area contributed by atoms with Gasteiger partial charge in [-0.25, -0.2) is 0 Å². The van der Waals surface area contributed by atoms with Crippen LogP contribution in [0.5, 0.6) is 0 Å². The summed E-state index contributed by atoms with van der Waals surface area (Å²) in [4.78, 5) is 7.39. The molecule has 1 aromatic carbocycles. The van der Waals surface area contributed by atoms with Crippen molar-refractivity contribution < 1.29 is 0 Å². The molecule has 2 fully saturated rings. The van der Waals surface area contributed by atoms with Crippen LogP contribution in [0.25, 0.3) is 0 Å². The van der Waals surface area contributed by atoms with Gasteiger partial charge in [0.1, 0.15) is 0 Å². The Bertz CT molecular complexity index is 501. The number of nitrogens with one attached hydrogen (secondary N) is 2. The highest BCUT2D eigenvalue weighted by molar-refractivity contribution is 14.0. The van der Waals surface area contributed by atoms with Crippen molar-refractivity contribution in [2.45, 2.75) is 38.6 Å². The van der Waals surface area contributed by atoms with Crippen molar-refractivity contribution in [1.29, 1.82) is 0 Å². The Hall–Kier alpha value is -0.820. The molecule has 1 atom stereocenters. The molecule has 134 valence electrons. The van der Waals surface area contributed by atoms with Crippen LogP contribution in [0, 0.1) is 5.92 Å². The minimum atomic E-state index is 0. The minimum absolute atomic E-state index is 0. The number of benzene rings is 1. The largest absolute Gasteiger partial charge is 0.357 e. The van der Waals surface area contributed by atoms with E-state index in [2.05, 4.69) is 52.8 Å². The summed E-state index contributed by atoms with van der Waals surface area (Å²) in [5.74, 6) is 1.72. The van der Waals surface area contributed by atoms with Crippen LogP contribution in [0.2, 0.25) is 0 Å². The Morgan fingerprint density at radius 2 is 2.00 bits per heavy atom. The van der Waals surface area contributed by atoms with E-state index >= 15 is 0 Å². The lowest BCUT2D eigenvalue weighted by molar-refractivity contribution is 0.329. The predicted octanol–water partition coefficient (Wildman–Crippen LogP) is 2.89. The minimum Gasteiger partial charge on any atom is -0.357 e. The number of hydrogen-bond donors (Lipinski definition) is 2. The Morgan fingerprint density at radius 1 is 1.21 bits per heavy atom. The highest BCUT2D eigenvalue weighted by Gasteiger charge is 2.24. The van der Waals surface area contributed by atoms with Crippen LogP contribution in [0.15, 0.2) is 35.3 Å². The van der Waals surface area contributed by atoms with Crippen LogP contribution in [0.1, 0.15) is 31.7 Å². The average Bonchev–Trinajstić information content (AvgIpc) is 3.28. The van der Waals surface area contributed by atoms with Gasteiger partial charge in [-0.15, -0.1) is 24.0 Å². The van der Waals surface area contributed by atoms with Crippen LogP contribution < -0.4 is 10.6 Å². The summed E-state index contributed by atoms with van der Waals surface area (Å²) in [7, 11) is 0. The second kappa shape index (κ2) is 10.2. The zero-order chi connectivity index (χ0) is 15.9. The molecular formula is C19H31IN4. The molecular weight excluding hydrogens is 411 g/mol. The second-order valence-corrected chi connectivity index (χ2v) is 6.83. The lowest BCUT2D eigenvalue weighted by atomic mass is 10.1. The van der Waals surface area contributed by atoms with Gasteiger partial charge < -0.3 is 15.5 Å². The molecule has 1 aromatic rings. The number of hydrogen-bond acceptors (Lipinski definition) is 2. The monoisotopic (exact) mass is 442 g/mol. The van der Waals surface area contributed by atoms with Crippen LogP contribution in [-0.4, -0.2) is 49.6 Å². The van der Waals surface area contributed by atoms with Crippen molar-refractivity contribution in [1.82, 2.24) is 15.5 Å². The smallest absolute Gasteiger partial charge is 0.191 e. The van der Waals surface area contributed by atoms with Crippen molar-refractivity contribution in [3.05, 3.63) is 35.9 Å². The molecule has 1 saturated carbocycles. The van der Waals surface area contributed by atoms with Crippen molar-refractivity contribution >= 4 is 29.9 Å². The molecule has 0 spiro atoms. The fourth-order valence-corrected chi connectivity index (χ4v) is 3.16. The molecule has 2 N–H and O–H groups in total. The summed E-state index contributed by atoms with van der Waals surface area (Å²) in [6.07, 6.45) is 5.02. The molecule has 0 radical (unpaired) electrons. The summed E-state index contributed by atoms with van der Waals surface area (Å²) in [6, 6.07) is 11.5. The third-order valence-electron chi connectivity index (χ3n) is 4.70. The van der Waals surface area contributed by atoms with Gasteiger partial charge in [-0.2, -0.15) is 0 Å². The zero-order valence-electron chi connectivity index (χ0n) is 14.7. The van der Waals surface area contributed by atoms with Crippen LogP contribution in [0.4, 0.5) is 0 Å². The number of halogens is 1. The summed E-state index contributed by atoms with van der Waals surface area (Å²) in [5.41, 5.74) is 1.44. The highest BCUT2D eigenvalue weighted by Crippen LogP contribution is 2.19. The van der Waals surface area contributed by atoms with Gasteiger partial charge in [0.2, 0.25) is 0 Å². The van der Waals surface area contributed by atoms with E-state index in [9.17, 15) is 0 Å². The summed E-state index contributed by atoms with van der Waals surface area (Å²) < 4.78 is 0. The maximum Gasteiger partial charge on any atom is 0.191 e. The topological polar surface area (TPSA) is 39.7 Å². The van der Waals surface area contributed by atoms with E-state index in [1.807, 2.05) is 0 Å². The van der Waals surface area contributed by atoms with Crippen LogP contribution >= 0.6 is 24.0 Å². The Kier molecular flexibility index (Phi) is 8.32. The molecule has 0 bridgehead atoms. The lowest BCUT2D eigenvalue weighted by Crippen LogP contribution is -2.39. The quantitative estimate of drug-likeness (QED) is 0.388. The molecule has 24 heavy (non-hydrogen) atoms. The van der Waals surface area contributed by atoms with Crippen molar-refractivity contribution in [2.24, 2.45) is 10.9 Å². The van der Waals surface area contributed by atoms with Gasteiger partial charge in [0.05, 0.1) is 0 Å². The van der Waals surface area contributed by atoms with Gasteiger partial charge in [0.15, 0.2) is 5.96 Å². The molecule has 2 aliphatic rings. The third kappa shape index (κ3) is 6.59. The van der Waals surface area contributed by atoms with E-state index in [0.717, 1.165) is 25.5 Å². The van der Waals surface area contributed by atoms with E-state index in [1.54, 1.807) is 0 Å². The van der Waals surface area contributed by atoms with Gasteiger partial charge in [-0.1, -0.05) is 30.3 Å². The fraction of sp³-hybridized carbons (Fsp3) is 0.632. The van der Waals surface area contributed by atoms with Gasteiger partial charge in [-0.3, -0.25) is 4.99 Å². The van der Waals surface area contributed by atoms with Gasteiger partial charge >= 0.3 is 0 Å².